The standard InChI is InChI=1S/C23H27N3O3/c1-25-14-11-21(12-15-25)29-20-9-7-18(8-10-20)24-23(28)17-4-2-5-19(16-17)26-13-3-6-22(26)27/h2,4-5,7-10,16,21H,3,6,11-15H2,1H3,(H,24,28). The van der Waals surface area contributed by atoms with Crippen molar-refractivity contribution in [2.45, 2.75) is 31.8 Å². The molecule has 2 fully saturated rings. The first-order valence-corrected chi connectivity index (χ1v) is 10.3. The molecule has 2 heterocycles. The zero-order valence-corrected chi connectivity index (χ0v) is 16.8. The molecule has 4 rings (SSSR count). The highest BCUT2D eigenvalue weighted by Gasteiger charge is 2.22. The molecule has 0 unspecified atom stereocenters. The van der Waals surface area contributed by atoms with E-state index in [0.717, 1.165) is 43.8 Å². The molecule has 0 aromatic heterocycles. The third kappa shape index (κ3) is 4.77. The second-order valence-corrected chi connectivity index (χ2v) is 7.80. The summed E-state index contributed by atoms with van der Waals surface area (Å²) in [5.41, 5.74) is 2.03. The molecule has 2 aliphatic rings. The predicted molar refractivity (Wildman–Crippen MR) is 114 cm³/mol. The van der Waals surface area contributed by atoms with Crippen LogP contribution in [0.25, 0.3) is 0 Å². The van der Waals surface area contributed by atoms with Crippen LogP contribution < -0.4 is 15.0 Å². The van der Waals surface area contributed by atoms with E-state index in [-0.39, 0.29) is 17.9 Å². The van der Waals surface area contributed by atoms with Gasteiger partial charge in [0.05, 0.1) is 0 Å². The van der Waals surface area contributed by atoms with E-state index in [1.807, 2.05) is 36.4 Å². The van der Waals surface area contributed by atoms with E-state index in [2.05, 4.69) is 17.3 Å². The van der Waals surface area contributed by atoms with Crippen molar-refractivity contribution in [3.05, 3.63) is 54.1 Å². The van der Waals surface area contributed by atoms with E-state index >= 15 is 0 Å². The van der Waals surface area contributed by atoms with Crippen molar-refractivity contribution < 1.29 is 14.3 Å². The third-order valence-corrected chi connectivity index (χ3v) is 5.57. The first-order valence-electron chi connectivity index (χ1n) is 10.3. The Kier molecular flexibility index (Phi) is 5.81. The van der Waals surface area contributed by atoms with Gasteiger partial charge in [-0.2, -0.15) is 0 Å². The Morgan fingerprint density at radius 2 is 1.83 bits per heavy atom. The normalized spacial score (nSPS) is 18.1. The Labute approximate surface area is 171 Å². The van der Waals surface area contributed by atoms with Gasteiger partial charge in [-0.05, 0) is 68.8 Å². The lowest BCUT2D eigenvalue weighted by molar-refractivity contribution is -0.117. The minimum Gasteiger partial charge on any atom is -0.490 e. The SMILES string of the molecule is CN1CCC(Oc2ccc(NC(=O)c3cccc(N4CCCC4=O)c3)cc2)CC1. The first kappa shape index (κ1) is 19.5. The van der Waals surface area contributed by atoms with Gasteiger partial charge in [0.15, 0.2) is 0 Å². The fourth-order valence-electron chi connectivity index (χ4n) is 3.85. The Balaban J connectivity index is 1.36. The van der Waals surface area contributed by atoms with Crippen LogP contribution in [0.4, 0.5) is 11.4 Å². The van der Waals surface area contributed by atoms with Crippen LogP contribution in [0.1, 0.15) is 36.0 Å². The van der Waals surface area contributed by atoms with Gasteiger partial charge in [-0.3, -0.25) is 9.59 Å². The van der Waals surface area contributed by atoms with Crippen LogP contribution in [0.2, 0.25) is 0 Å². The smallest absolute Gasteiger partial charge is 0.255 e. The van der Waals surface area contributed by atoms with Crippen LogP contribution in [0.15, 0.2) is 48.5 Å². The molecular weight excluding hydrogens is 366 g/mol. The monoisotopic (exact) mass is 393 g/mol. The van der Waals surface area contributed by atoms with Gasteiger partial charge >= 0.3 is 0 Å². The van der Waals surface area contributed by atoms with Crippen LogP contribution in [-0.2, 0) is 4.79 Å². The molecule has 1 N–H and O–H groups in total. The highest BCUT2D eigenvalue weighted by atomic mass is 16.5. The predicted octanol–water partition coefficient (Wildman–Crippen LogP) is 3.54. The number of likely N-dealkylation sites (tertiary alicyclic amines) is 1. The molecule has 2 aromatic rings. The molecule has 6 nitrogen and oxygen atoms in total. The van der Waals surface area contributed by atoms with Gasteiger partial charge in [0.1, 0.15) is 11.9 Å². The summed E-state index contributed by atoms with van der Waals surface area (Å²) in [5.74, 6) is 0.748. The maximum atomic E-state index is 12.6. The van der Waals surface area contributed by atoms with E-state index in [9.17, 15) is 9.59 Å². The summed E-state index contributed by atoms with van der Waals surface area (Å²) < 4.78 is 6.05. The molecule has 0 bridgehead atoms. The van der Waals surface area contributed by atoms with E-state index in [0.29, 0.717) is 24.2 Å². The molecule has 152 valence electrons. The minimum absolute atomic E-state index is 0.114. The van der Waals surface area contributed by atoms with Gasteiger partial charge in [-0.1, -0.05) is 6.07 Å². The molecule has 2 aromatic carbocycles. The summed E-state index contributed by atoms with van der Waals surface area (Å²) in [6, 6.07) is 14.7. The zero-order valence-electron chi connectivity index (χ0n) is 16.8. The number of anilines is 2. The average molecular weight is 393 g/mol. The van der Waals surface area contributed by atoms with Gasteiger partial charge in [-0.15, -0.1) is 0 Å². The summed E-state index contributed by atoms with van der Waals surface area (Å²) in [6.45, 7) is 2.82. The lowest BCUT2D eigenvalue weighted by Gasteiger charge is -2.29. The van der Waals surface area contributed by atoms with Crippen molar-refractivity contribution in [3.8, 4) is 5.75 Å². The van der Waals surface area contributed by atoms with E-state index in [4.69, 9.17) is 4.74 Å². The van der Waals surface area contributed by atoms with Crippen molar-refractivity contribution in [2.75, 3.05) is 36.9 Å². The molecule has 2 aliphatic heterocycles. The highest BCUT2D eigenvalue weighted by molar-refractivity contribution is 6.05. The molecular formula is C23H27N3O3. The first-order chi connectivity index (χ1) is 14.1. The second kappa shape index (κ2) is 8.66. The summed E-state index contributed by atoms with van der Waals surface area (Å²) in [6.07, 6.45) is 3.75. The Morgan fingerprint density at radius 3 is 2.52 bits per heavy atom. The Morgan fingerprint density at radius 1 is 1.07 bits per heavy atom. The summed E-state index contributed by atoms with van der Waals surface area (Å²) in [7, 11) is 2.13. The van der Waals surface area contributed by atoms with Crippen LogP contribution >= 0.6 is 0 Å². The number of nitrogens with zero attached hydrogens (tertiary/aromatic N) is 2. The molecule has 0 aliphatic carbocycles. The van der Waals surface area contributed by atoms with Gasteiger partial charge in [0, 0.05) is 43.0 Å². The zero-order chi connectivity index (χ0) is 20.2. The van der Waals surface area contributed by atoms with Crippen molar-refractivity contribution in [2.24, 2.45) is 0 Å². The number of hydrogen-bond donors (Lipinski definition) is 1. The number of nitrogens with one attached hydrogen (secondary N) is 1. The molecule has 0 spiro atoms. The minimum atomic E-state index is -0.192. The fourth-order valence-corrected chi connectivity index (χ4v) is 3.85. The summed E-state index contributed by atoms with van der Waals surface area (Å²) in [4.78, 5) is 28.6. The number of amides is 2. The molecule has 2 amide bonds. The lowest BCUT2D eigenvalue weighted by Crippen LogP contribution is -2.35. The number of benzene rings is 2. The Hall–Kier alpha value is -2.86. The number of piperidine rings is 1. The maximum Gasteiger partial charge on any atom is 0.255 e. The van der Waals surface area contributed by atoms with Gasteiger partial charge < -0.3 is 19.9 Å². The molecule has 6 heteroatoms. The average Bonchev–Trinajstić information content (AvgIpc) is 3.17. The number of hydrogen-bond acceptors (Lipinski definition) is 4. The molecule has 0 atom stereocenters. The largest absolute Gasteiger partial charge is 0.490 e. The van der Waals surface area contributed by atoms with Crippen molar-refractivity contribution in [1.29, 1.82) is 0 Å². The maximum absolute atomic E-state index is 12.6. The number of carbonyl (C=O) groups is 2. The molecule has 0 radical (unpaired) electrons. The Bertz CT molecular complexity index is 873. The van der Waals surface area contributed by atoms with Crippen LogP contribution in [-0.4, -0.2) is 49.5 Å². The van der Waals surface area contributed by atoms with Crippen LogP contribution in [0.5, 0.6) is 5.75 Å². The van der Waals surface area contributed by atoms with E-state index in [1.54, 1.807) is 17.0 Å². The topological polar surface area (TPSA) is 61.9 Å². The van der Waals surface area contributed by atoms with Crippen molar-refractivity contribution in [1.82, 2.24) is 4.90 Å². The summed E-state index contributed by atoms with van der Waals surface area (Å²) in [5, 5.41) is 2.92. The van der Waals surface area contributed by atoms with E-state index < -0.39 is 0 Å². The van der Waals surface area contributed by atoms with Crippen LogP contribution in [0, 0.1) is 0 Å². The molecule has 2 saturated heterocycles. The fraction of sp³-hybridized carbons (Fsp3) is 0.391. The number of rotatable bonds is 5. The van der Waals surface area contributed by atoms with Gasteiger partial charge in [-0.25, -0.2) is 0 Å². The summed E-state index contributed by atoms with van der Waals surface area (Å²) >= 11 is 0. The molecule has 0 saturated carbocycles. The molecule has 29 heavy (non-hydrogen) atoms. The quantitative estimate of drug-likeness (QED) is 0.844. The van der Waals surface area contributed by atoms with Gasteiger partial charge in [0.2, 0.25) is 5.91 Å². The van der Waals surface area contributed by atoms with Crippen molar-refractivity contribution in [3.63, 3.8) is 0 Å². The lowest BCUT2D eigenvalue weighted by atomic mass is 10.1. The second-order valence-electron chi connectivity index (χ2n) is 7.80. The number of ether oxygens (including phenoxy) is 1. The highest BCUT2D eigenvalue weighted by Crippen LogP contribution is 2.24. The van der Waals surface area contributed by atoms with Crippen LogP contribution in [0.3, 0.4) is 0 Å². The van der Waals surface area contributed by atoms with E-state index in [1.165, 1.54) is 0 Å². The number of carbonyl (C=O) groups excluding carboxylic acids is 2. The van der Waals surface area contributed by atoms with Crippen molar-refractivity contribution >= 4 is 23.2 Å². The third-order valence-electron chi connectivity index (χ3n) is 5.57. The van der Waals surface area contributed by atoms with Gasteiger partial charge in [0.25, 0.3) is 5.91 Å².